The van der Waals surface area contributed by atoms with E-state index < -0.39 is 22.9 Å². The number of nitrogens with one attached hydrogen (secondary N) is 1. The molecule has 3 aromatic rings. The molecule has 0 bridgehead atoms. The first-order valence-corrected chi connectivity index (χ1v) is 9.59. The molecule has 1 heterocycles. The van der Waals surface area contributed by atoms with Crippen LogP contribution >= 0.6 is 23.4 Å². The van der Waals surface area contributed by atoms with Crippen LogP contribution in [0, 0.1) is 5.21 Å². The fourth-order valence-corrected chi connectivity index (χ4v) is 3.71. The molecule has 9 heteroatoms. The van der Waals surface area contributed by atoms with Gasteiger partial charge < -0.3 is 10.5 Å². The van der Waals surface area contributed by atoms with Crippen molar-refractivity contribution in [1.82, 2.24) is 0 Å². The standard InChI is InChI=1S/C20H14ClF3N2O2S/c21-15-10-9-14(20(22,23)24)12-16(15)25-19(27)18(13-6-2-1-3-7-13)29-17-8-4-5-11-26(17)28/h1-12,18H,(H,25,27)/t18-/m0/s1. The number of nitrogens with zero attached hydrogens (tertiary/aromatic N) is 1. The number of alkyl halides is 3. The minimum atomic E-state index is -4.57. The quantitative estimate of drug-likeness (QED) is 0.327. The number of rotatable bonds is 5. The molecule has 3 rings (SSSR count). The molecule has 0 aliphatic carbocycles. The van der Waals surface area contributed by atoms with Gasteiger partial charge in [-0.15, -0.1) is 0 Å². The number of hydrogen-bond donors (Lipinski definition) is 1. The monoisotopic (exact) mass is 438 g/mol. The van der Waals surface area contributed by atoms with Gasteiger partial charge in [0, 0.05) is 12.1 Å². The Bertz CT molecular complexity index is 1020. The Morgan fingerprint density at radius 3 is 2.41 bits per heavy atom. The number of pyridine rings is 1. The largest absolute Gasteiger partial charge is 0.618 e. The average Bonchev–Trinajstić information content (AvgIpc) is 2.68. The van der Waals surface area contributed by atoms with Crippen LogP contribution in [-0.4, -0.2) is 5.91 Å². The zero-order valence-electron chi connectivity index (χ0n) is 14.7. The van der Waals surface area contributed by atoms with E-state index in [9.17, 15) is 23.2 Å². The van der Waals surface area contributed by atoms with Crippen molar-refractivity contribution in [3.63, 3.8) is 0 Å². The van der Waals surface area contributed by atoms with Gasteiger partial charge >= 0.3 is 6.18 Å². The summed E-state index contributed by atoms with van der Waals surface area (Å²) in [4.78, 5) is 13.0. The lowest BCUT2D eigenvalue weighted by atomic mass is 10.1. The molecular weight excluding hydrogens is 425 g/mol. The molecular formula is C20H14ClF3N2O2S. The molecule has 1 aromatic heterocycles. The summed E-state index contributed by atoms with van der Waals surface area (Å²) in [6.45, 7) is 0. The summed E-state index contributed by atoms with van der Waals surface area (Å²) < 4.78 is 39.6. The van der Waals surface area contributed by atoms with Gasteiger partial charge in [0.15, 0.2) is 6.20 Å². The predicted molar refractivity (Wildman–Crippen MR) is 106 cm³/mol. The Hall–Kier alpha value is -2.71. The Balaban J connectivity index is 1.93. The Morgan fingerprint density at radius 1 is 1.07 bits per heavy atom. The summed E-state index contributed by atoms with van der Waals surface area (Å²) in [7, 11) is 0. The van der Waals surface area contributed by atoms with Gasteiger partial charge in [-0.3, -0.25) is 4.79 Å². The van der Waals surface area contributed by atoms with Crippen LogP contribution < -0.4 is 10.0 Å². The maximum absolute atomic E-state index is 13.0. The predicted octanol–water partition coefficient (Wildman–Crippen LogP) is 5.46. The molecule has 0 fully saturated rings. The molecule has 29 heavy (non-hydrogen) atoms. The molecule has 1 atom stereocenters. The van der Waals surface area contributed by atoms with Crippen LogP contribution in [0.15, 0.2) is 78.0 Å². The average molecular weight is 439 g/mol. The summed E-state index contributed by atoms with van der Waals surface area (Å²) in [6, 6.07) is 16.1. The number of carbonyl (C=O) groups excluding carboxylic acids is 1. The van der Waals surface area contributed by atoms with Gasteiger partial charge in [-0.05, 0) is 41.6 Å². The Kier molecular flexibility index (Phi) is 6.34. The van der Waals surface area contributed by atoms with Crippen molar-refractivity contribution in [3.8, 4) is 0 Å². The second kappa shape index (κ2) is 8.75. The molecule has 0 saturated heterocycles. The molecule has 2 aromatic carbocycles. The number of carbonyl (C=O) groups is 1. The highest BCUT2D eigenvalue weighted by molar-refractivity contribution is 8.00. The third kappa shape index (κ3) is 5.21. The van der Waals surface area contributed by atoms with Gasteiger partial charge in [0.05, 0.1) is 16.3 Å². The number of aromatic nitrogens is 1. The lowest BCUT2D eigenvalue weighted by molar-refractivity contribution is -0.645. The van der Waals surface area contributed by atoms with E-state index in [1.165, 1.54) is 6.20 Å². The minimum Gasteiger partial charge on any atom is -0.618 e. The molecule has 0 radical (unpaired) electrons. The van der Waals surface area contributed by atoms with E-state index in [0.29, 0.717) is 10.3 Å². The summed E-state index contributed by atoms with van der Waals surface area (Å²) in [5.74, 6) is -0.605. The molecule has 0 spiro atoms. The zero-order valence-corrected chi connectivity index (χ0v) is 16.3. The summed E-state index contributed by atoms with van der Waals surface area (Å²) in [6.07, 6.45) is -3.28. The second-order valence-corrected chi connectivity index (χ2v) is 7.49. The number of thioether (sulfide) groups is 1. The Morgan fingerprint density at radius 2 is 1.76 bits per heavy atom. The van der Waals surface area contributed by atoms with Gasteiger partial charge in [-0.1, -0.05) is 41.9 Å². The molecule has 150 valence electrons. The fraction of sp³-hybridized carbons (Fsp3) is 0.100. The van der Waals surface area contributed by atoms with E-state index >= 15 is 0 Å². The number of halogens is 4. The van der Waals surface area contributed by atoms with Crippen molar-refractivity contribution in [3.05, 3.63) is 94.3 Å². The molecule has 0 aliphatic rings. The summed E-state index contributed by atoms with van der Waals surface area (Å²) in [5, 5.41) is 13.8. The first kappa shape index (κ1) is 21.0. The number of anilines is 1. The van der Waals surface area contributed by atoms with Crippen molar-refractivity contribution in [1.29, 1.82) is 0 Å². The van der Waals surface area contributed by atoms with Crippen LogP contribution in [0.4, 0.5) is 18.9 Å². The van der Waals surface area contributed by atoms with Crippen LogP contribution in [0.5, 0.6) is 0 Å². The van der Waals surface area contributed by atoms with E-state index in [2.05, 4.69) is 5.32 Å². The van der Waals surface area contributed by atoms with Crippen molar-refractivity contribution in [2.24, 2.45) is 0 Å². The zero-order chi connectivity index (χ0) is 21.0. The van der Waals surface area contributed by atoms with Crippen LogP contribution in [0.2, 0.25) is 5.02 Å². The van der Waals surface area contributed by atoms with E-state index in [4.69, 9.17) is 11.6 Å². The SMILES string of the molecule is O=C(Nc1cc(C(F)(F)F)ccc1Cl)[C@@H](Sc1cccc[n+]1[O-])c1ccccc1. The third-order valence-electron chi connectivity index (χ3n) is 3.92. The van der Waals surface area contributed by atoms with Crippen LogP contribution in [0.3, 0.4) is 0 Å². The first-order valence-electron chi connectivity index (χ1n) is 8.33. The topological polar surface area (TPSA) is 56.0 Å². The lowest BCUT2D eigenvalue weighted by Gasteiger charge is -2.17. The molecule has 0 unspecified atom stereocenters. The van der Waals surface area contributed by atoms with E-state index in [0.717, 1.165) is 30.0 Å². The summed E-state index contributed by atoms with van der Waals surface area (Å²) >= 11 is 6.97. The molecule has 1 N–H and O–H groups in total. The van der Waals surface area contributed by atoms with Gasteiger partial charge in [0.2, 0.25) is 5.91 Å². The summed E-state index contributed by atoms with van der Waals surface area (Å²) in [5.41, 5.74) is -0.500. The van der Waals surface area contributed by atoms with E-state index in [1.807, 2.05) is 0 Å². The van der Waals surface area contributed by atoms with Crippen LogP contribution in [0.25, 0.3) is 0 Å². The molecule has 4 nitrogen and oxygen atoms in total. The van der Waals surface area contributed by atoms with Gasteiger partial charge in [0.25, 0.3) is 5.03 Å². The highest BCUT2D eigenvalue weighted by Crippen LogP contribution is 2.37. The van der Waals surface area contributed by atoms with Gasteiger partial charge in [-0.2, -0.15) is 17.9 Å². The fourth-order valence-electron chi connectivity index (χ4n) is 2.52. The lowest BCUT2D eigenvalue weighted by Crippen LogP contribution is -2.29. The minimum absolute atomic E-state index is 0.0261. The van der Waals surface area contributed by atoms with E-state index in [-0.39, 0.29) is 15.7 Å². The van der Waals surface area contributed by atoms with Crippen LogP contribution in [-0.2, 0) is 11.0 Å². The van der Waals surface area contributed by atoms with Crippen LogP contribution in [0.1, 0.15) is 16.4 Å². The number of hydrogen-bond acceptors (Lipinski definition) is 3. The smallest absolute Gasteiger partial charge is 0.416 e. The maximum atomic E-state index is 13.0. The molecule has 0 aliphatic heterocycles. The van der Waals surface area contributed by atoms with E-state index in [1.54, 1.807) is 48.5 Å². The number of benzene rings is 2. The molecule has 1 amide bonds. The van der Waals surface area contributed by atoms with Crippen molar-refractivity contribution in [2.75, 3.05) is 5.32 Å². The first-order chi connectivity index (χ1) is 13.8. The van der Waals surface area contributed by atoms with Gasteiger partial charge in [-0.25, -0.2) is 0 Å². The number of amides is 1. The Labute approximate surface area is 173 Å². The normalized spacial score (nSPS) is 12.4. The highest BCUT2D eigenvalue weighted by Gasteiger charge is 2.32. The maximum Gasteiger partial charge on any atom is 0.416 e. The van der Waals surface area contributed by atoms with Crippen molar-refractivity contribution in [2.45, 2.75) is 16.5 Å². The highest BCUT2D eigenvalue weighted by atomic mass is 35.5. The second-order valence-electron chi connectivity index (χ2n) is 5.95. The third-order valence-corrected chi connectivity index (χ3v) is 5.53. The van der Waals surface area contributed by atoms with Crippen molar-refractivity contribution >= 4 is 35.0 Å². The molecule has 0 saturated carbocycles. The van der Waals surface area contributed by atoms with Gasteiger partial charge in [0.1, 0.15) is 5.25 Å². The van der Waals surface area contributed by atoms with Crippen molar-refractivity contribution < 1.29 is 22.7 Å².